The van der Waals surface area contributed by atoms with Crippen molar-refractivity contribution in [1.29, 1.82) is 5.26 Å². The zero-order valence-corrected chi connectivity index (χ0v) is 15.6. The Labute approximate surface area is 163 Å². The van der Waals surface area contributed by atoms with Crippen molar-refractivity contribution in [2.45, 2.75) is 6.54 Å². The van der Waals surface area contributed by atoms with Crippen LogP contribution in [0.1, 0.15) is 11.4 Å². The van der Waals surface area contributed by atoms with Gasteiger partial charge < -0.3 is 14.2 Å². The molecule has 8 heteroatoms. The minimum Gasteiger partial charge on any atom is -0.497 e. The van der Waals surface area contributed by atoms with E-state index in [2.05, 4.69) is 31.0 Å². The number of ether oxygens (including phenoxy) is 1. The van der Waals surface area contributed by atoms with Crippen molar-refractivity contribution in [2.75, 3.05) is 38.2 Å². The molecule has 0 atom stereocenters. The van der Waals surface area contributed by atoms with E-state index in [9.17, 15) is 5.26 Å². The molecule has 1 aliphatic heterocycles. The van der Waals surface area contributed by atoms with E-state index >= 15 is 0 Å². The summed E-state index contributed by atoms with van der Waals surface area (Å²) in [6.45, 7) is 3.91. The Morgan fingerprint density at radius 3 is 2.64 bits per heavy atom. The molecule has 8 nitrogen and oxygen atoms in total. The van der Waals surface area contributed by atoms with Crippen LogP contribution in [0.25, 0.3) is 11.5 Å². The van der Waals surface area contributed by atoms with Gasteiger partial charge in [0.25, 0.3) is 5.89 Å². The lowest BCUT2D eigenvalue weighted by Crippen LogP contribution is -2.46. The Morgan fingerprint density at radius 2 is 1.93 bits per heavy atom. The maximum Gasteiger partial charge on any atom is 0.257 e. The molecule has 0 saturated carbocycles. The molecule has 1 aromatic carbocycles. The van der Waals surface area contributed by atoms with Crippen LogP contribution in [-0.2, 0) is 6.54 Å². The van der Waals surface area contributed by atoms with Crippen molar-refractivity contribution in [3.05, 3.63) is 54.0 Å². The van der Waals surface area contributed by atoms with E-state index in [1.54, 1.807) is 25.4 Å². The summed E-state index contributed by atoms with van der Waals surface area (Å²) < 4.78 is 10.6. The molecular formula is C20H20N6O2. The second-order valence-corrected chi connectivity index (χ2v) is 6.49. The van der Waals surface area contributed by atoms with Gasteiger partial charge in [0.15, 0.2) is 5.82 Å². The summed E-state index contributed by atoms with van der Waals surface area (Å²) in [4.78, 5) is 13.3. The van der Waals surface area contributed by atoms with Crippen molar-refractivity contribution in [3.8, 4) is 23.3 Å². The molecule has 1 aliphatic rings. The fourth-order valence-electron chi connectivity index (χ4n) is 3.22. The summed E-state index contributed by atoms with van der Waals surface area (Å²) in [5, 5.41) is 13.4. The SMILES string of the molecule is COc1ccc(-c2nc(CN3CCN(c4ncccc4C#N)CC3)no2)cc1. The van der Waals surface area contributed by atoms with E-state index in [1.807, 2.05) is 24.3 Å². The molecule has 4 rings (SSSR count). The standard InChI is InChI=1S/C20H20N6O2/c1-27-17-6-4-15(5-7-17)20-23-18(24-28-20)14-25-9-11-26(12-10-25)19-16(13-21)3-2-8-22-19/h2-8H,9-12,14H2,1H3. The summed E-state index contributed by atoms with van der Waals surface area (Å²) in [6, 6.07) is 13.3. The van der Waals surface area contributed by atoms with E-state index in [0.717, 1.165) is 43.3 Å². The van der Waals surface area contributed by atoms with E-state index in [1.165, 1.54) is 0 Å². The molecule has 1 saturated heterocycles. The molecule has 0 amide bonds. The van der Waals surface area contributed by atoms with Crippen LogP contribution in [-0.4, -0.2) is 53.3 Å². The van der Waals surface area contributed by atoms with Gasteiger partial charge in [-0.25, -0.2) is 4.98 Å². The molecule has 28 heavy (non-hydrogen) atoms. The topological polar surface area (TPSA) is 91.3 Å². The van der Waals surface area contributed by atoms with Crippen LogP contribution < -0.4 is 9.64 Å². The lowest BCUT2D eigenvalue weighted by Gasteiger charge is -2.35. The number of hydrogen-bond donors (Lipinski definition) is 0. The van der Waals surface area contributed by atoms with Crippen LogP contribution in [0.3, 0.4) is 0 Å². The first-order valence-corrected chi connectivity index (χ1v) is 9.06. The third-order valence-electron chi connectivity index (χ3n) is 4.75. The van der Waals surface area contributed by atoms with Crippen LogP contribution >= 0.6 is 0 Å². The van der Waals surface area contributed by atoms with Gasteiger partial charge in [0.05, 0.1) is 19.2 Å². The van der Waals surface area contributed by atoms with Crippen LogP contribution in [0.5, 0.6) is 5.75 Å². The first-order chi connectivity index (χ1) is 13.8. The van der Waals surface area contributed by atoms with Gasteiger partial charge in [-0.2, -0.15) is 10.2 Å². The van der Waals surface area contributed by atoms with Crippen LogP contribution in [0.2, 0.25) is 0 Å². The average molecular weight is 376 g/mol. The Bertz CT molecular complexity index is 971. The van der Waals surface area contributed by atoms with Gasteiger partial charge in [-0.3, -0.25) is 4.90 Å². The van der Waals surface area contributed by atoms with Gasteiger partial charge in [0.2, 0.25) is 0 Å². The number of piperazine rings is 1. The summed E-state index contributed by atoms with van der Waals surface area (Å²) in [6.07, 6.45) is 1.72. The van der Waals surface area contributed by atoms with E-state index in [0.29, 0.717) is 23.8 Å². The normalized spacial score (nSPS) is 14.6. The maximum absolute atomic E-state index is 9.26. The predicted molar refractivity (Wildman–Crippen MR) is 103 cm³/mol. The highest BCUT2D eigenvalue weighted by Crippen LogP contribution is 2.22. The molecule has 3 heterocycles. The number of rotatable bonds is 5. The molecule has 1 fully saturated rings. The van der Waals surface area contributed by atoms with Gasteiger partial charge >= 0.3 is 0 Å². The summed E-state index contributed by atoms with van der Waals surface area (Å²) in [5.74, 6) is 2.71. The lowest BCUT2D eigenvalue weighted by atomic mass is 10.2. The molecule has 3 aromatic rings. The summed E-state index contributed by atoms with van der Waals surface area (Å²) >= 11 is 0. The number of pyridine rings is 1. The average Bonchev–Trinajstić information content (AvgIpc) is 3.23. The number of nitriles is 1. The fraction of sp³-hybridized carbons (Fsp3) is 0.300. The van der Waals surface area contributed by atoms with Crippen molar-refractivity contribution < 1.29 is 9.26 Å². The predicted octanol–water partition coefficient (Wildman–Crippen LogP) is 2.33. The minimum absolute atomic E-state index is 0.503. The number of benzene rings is 1. The molecular weight excluding hydrogens is 356 g/mol. The van der Waals surface area contributed by atoms with Crippen LogP contribution in [0.15, 0.2) is 47.1 Å². The van der Waals surface area contributed by atoms with Crippen LogP contribution in [0, 0.1) is 11.3 Å². The van der Waals surface area contributed by atoms with E-state index < -0.39 is 0 Å². The highest BCUT2D eigenvalue weighted by molar-refractivity contribution is 5.54. The number of methoxy groups -OCH3 is 1. The molecule has 0 N–H and O–H groups in total. The monoisotopic (exact) mass is 376 g/mol. The van der Waals surface area contributed by atoms with Crippen LogP contribution in [0.4, 0.5) is 5.82 Å². The third kappa shape index (κ3) is 3.80. The Kier molecular flexibility index (Phi) is 5.17. The fourth-order valence-corrected chi connectivity index (χ4v) is 3.22. The van der Waals surface area contributed by atoms with Gasteiger partial charge in [-0.15, -0.1) is 0 Å². The Hall–Kier alpha value is -3.44. The number of hydrogen-bond acceptors (Lipinski definition) is 8. The minimum atomic E-state index is 0.503. The highest BCUT2D eigenvalue weighted by Gasteiger charge is 2.21. The van der Waals surface area contributed by atoms with Crippen molar-refractivity contribution in [1.82, 2.24) is 20.0 Å². The molecule has 2 aromatic heterocycles. The first kappa shape index (κ1) is 17.9. The van der Waals surface area contributed by atoms with Crippen molar-refractivity contribution in [2.24, 2.45) is 0 Å². The zero-order chi connectivity index (χ0) is 19.3. The van der Waals surface area contributed by atoms with Gasteiger partial charge in [0.1, 0.15) is 17.6 Å². The van der Waals surface area contributed by atoms with Crippen molar-refractivity contribution >= 4 is 5.82 Å². The lowest BCUT2D eigenvalue weighted by molar-refractivity contribution is 0.240. The van der Waals surface area contributed by atoms with E-state index in [-0.39, 0.29) is 0 Å². The van der Waals surface area contributed by atoms with Gasteiger partial charge in [0, 0.05) is 37.9 Å². The second-order valence-electron chi connectivity index (χ2n) is 6.49. The van der Waals surface area contributed by atoms with E-state index in [4.69, 9.17) is 9.26 Å². The van der Waals surface area contributed by atoms with Crippen molar-refractivity contribution in [3.63, 3.8) is 0 Å². The second kappa shape index (κ2) is 8.06. The maximum atomic E-state index is 9.26. The third-order valence-corrected chi connectivity index (χ3v) is 4.75. The number of anilines is 1. The molecule has 142 valence electrons. The zero-order valence-electron chi connectivity index (χ0n) is 15.6. The smallest absolute Gasteiger partial charge is 0.257 e. The quantitative estimate of drug-likeness (QED) is 0.670. The Balaban J connectivity index is 1.36. The molecule has 0 radical (unpaired) electrons. The molecule has 0 spiro atoms. The molecule has 0 bridgehead atoms. The molecule has 0 unspecified atom stereocenters. The van der Waals surface area contributed by atoms with Gasteiger partial charge in [-0.1, -0.05) is 5.16 Å². The first-order valence-electron chi connectivity index (χ1n) is 9.06. The number of nitrogens with zero attached hydrogens (tertiary/aromatic N) is 6. The Morgan fingerprint density at radius 1 is 1.14 bits per heavy atom. The highest BCUT2D eigenvalue weighted by atomic mass is 16.5. The molecule has 0 aliphatic carbocycles. The largest absolute Gasteiger partial charge is 0.497 e. The number of aromatic nitrogens is 3. The van der Waals surface area contributed by atoms with Gasteiger partial charge in [-0.05, 0) is 36.4 Å². The summed E-state index contributed by atoms with van der Waals surface area (Å²) in [7, 11) is 1.63. The summed E-state index contributed by atoms with van der Waals surface area (Å²) in [5.41, 5.74) is 1.47.